The Morgan fingerprint density at radius 2 is 1.72 bits per heavy atom. The third-order valence-corrected chi connectivity index (χ3v) is 4.33. The maximum atomic E-state index is 12.4. The largest absolute Gasteiger partial charge is 0.497 e. The van der Waals surface area contributed by atoms with Crippen molar-refractivity contribution in [2.45, 2.75) is 13.5 Å². The highest BCUT2D eigenvalue weighted by molar-refractivity contribution is 5.94. The fourth-order valence-electron chi connectivity index (χ4n) is 2.67. The number of ether oxygens (including phenoxy) is 2. The second-order valence-electron chi connectivity index (χ2n) is 6.55. The van der Waals surface area contributed by atoms with Gasteiger partial charge in [-0.3, -0.25) is 4.79 Å². The summed E-state index contributed by atoms with van der Waals surface area (Å²) in [5.74, 6) is 2.00. The lowest BCUT2D eigenvalue weighted by Gasteiger charge is -2.10. The molecule has 1 amide bonds. The van der Waals surface area contributed by atoms with E-state index in [0.29, 0.717) is 31.1 Å². The average molecular weight is 391 g/mol. The Bertz CT molecular complexity index is 925. The summed E-state index contributed by atoms with van der Waals surface area (Å²) in [4.78, 5) is 16.6. The summed E-state index contributed by atoms with van der Waals surface area (Å²) in [6, 6.07) is 19.0. The number of carbonyl (C=O) groups is 1. The topological polar surface area (TPSA) is 72.5 Å². The zero-order valence-corrected chi connectivity index (χ0v) is 16.6. The molecule has 0 radical (unpaired) electrons. The zero-order valence-electron chi connectivity index (χ0n) is 16.6. The molecule has 0 bridgehead atoms. The molecule has 0 fully saturated rings. The van der Waals surface area contributed by atoms with E-state index in [2.05, 4.69) is 46.8 Å². The zero-order chi connectivity index (χ0) is 20.5. The van der Waals surface area contributed by atoms with Crippen molar-refractivity contribution in [3.05, 3.63) is 83.6 Å². The number of rotatable bonds is 9. The predicted octanol–water partition coefficient (Wildman–Crippen LogP) is 3.82. The fraction of sp³-hybridized carbons (Fsp3) is 0.217. The Morgan fingerprint density at radius 3 is 2.45 bits per heavy atom. The highest BCUT2D eigenvalue weighted by Crippen LogP contribution is 2.16. The number of anilines is 1. The van der Waals surface area contributed by atoms with Gasteiger partial charge in [0.1, 0.15) is 23.9 Å². The number of benzene rings is 2. The Balaban J connectivity index is 1.45. The molecule has 3 rings (SSSR count). The Hall–Kier alpha value is -3.54. The summed E-state index contributed by atoms with van der Waals surface area (Å²) in [6.45, 7) is 3.48. The minimum Gasteiger partial charge on any atom is -0.497 e. The van der Waals surface area contributed by atoms with Gasteiger partial charge in [0, 0.05) is 18.3 Å². The minimum atomic E-state index is -0.163. The maximum absolute atomic E-state index is 12.4. The van der Waals surface area contributed by atoms with E-state index in [4.69, 9.17) is 9.47 Å². The number of carbonyl (C=O) groups excluding carboxylic acids is 1. The molecule has 0 saturated carbocycles. The van der Waals surface area contributed by atoms with Crippen molar-refractivity contribution in [1.82, 2.24) is 10.3 Å². The van der Waals surface area contributed by atoms with Crippen LogP contribution in [0.15, 0.2) is 66.9 Å². The van der Waals surface area contributed by atoms with Crippen molar-refractivity contribution in [2.75, 3.05) is 25.6 Å². The van der Waals surface area contributed by atoms with Gasteiger partial charge in [-0.2, -0.15) is 0 Å². The second-order valence-corrected chi connectivity index (χ2v) is 6.55. The van der Waals surface area contributed by atoms with E-state index in [1.807, 2.05) is 24.3 Å². The van der Waals surface area contributed by atoms with Gasteiger partial charge in [0.05, 0.1) is 13.7 Å². The van der Waals surface area contributed by atoms with Gasteiger partial charge >= 0.3 is 0 Å². The first kappa shape index (κ1) is 20.2. The SMILES string of the molecule is COc1ccc(OCCNC(=O)c2ccnc(NCc3ccc(C)cc3)c2)cc1. The standard InChI is InChI=1S/C23H25N3O3/c1-17-3-5-18(6-4-17)16-26-22-15-19(11-12-24-22)23(27)25-13-14-29-21-9-7-20(28-2)8-10-21/h3-12,15H,13-14,16H2,1-2H3,(H,24,26)(H,25,27). The summed E-state index contributed by atoms with van der Waals surface area (Å²) >= 11 is 0. The van der Waals surface area contributed by atoms with Crippen LogP contribution >= 0.6 is 0 Å². The molecule has 1 heterocycles. The summed E-state index contributed by atoms with van der Waals surface area (Å²) in [6.07, 6.45) is 1.63. The normalized spacial score (nSPS) is 10.3. The number of aryl methyl sites for hydroxylation is 1. The van der Waals surface area contributed by atoms with Crippen molar-refractivity contribution < 1.29 is 14.3 Å². The minimum absolute atomic E-state index is 0.163. The third kappa shape index (κ3) is 6.24. The molecule has 6 heteroatoms. The molecular formula is C23H25N3O3. The van der Waals surface area contributed by atoms with Gasteiger partial charge in [-0.25, -0.2) is 4.98 Å². The number of hydrogen-bond donors (Lipinski definition) is 2. The van der Waals surface area contributed by atoms with Crippen LogP contribution in [0.1, 0.15) is 21.5 Å². The van der Waals surface area contributed by atoms with Crippen LogP contribution in [0.4, 0.5) is 5.82 Å². The molecule has 0 spiro atoms. The van der Waals surface area contributed by atoms with Crippen molar-refractivity contribution in [3.8, 4) is 11.5 Å². The monoisotopic (exact) mass is 391 g/mol. The van der Waals surface area contributed by atoms with Gasteiger partial charge < -0.3 is 20.1 Å². The molecule has 0 aliphatic carbocycles. The Labute approximate surface area is 170 Å². The van der Waals surface area contributed by atoms with Crippen LogP contribution in [0.3, 0.4) is 0 Å². The van der Waals surface area contributed by atoms with Crippen LogP contribution < -0.4 is 20.1 Å². The van der Waals surface area contributed by atoms with E-state index < -0.39 is 0 Å². The number of pyridine rings is 1. The van der Waals surface area contributed by atoms with Crippen LogP contribution in [-0.2, 0) is 6.54 Å². The van der Waals surface area contributed by atoms with Crippen molar-refractivity contribution in [3.63, 3.8) is 0 Å². The van der Waals surface area contributed by atoms with Crippen LogP contribution in [0.25, 0.3) is 0 Å². The molecule has 6 nitrogen and oxygen atoms in total. The summed E-state index contributed by atoms with van der Waals surface area (Å²) < 4.78 is 10.7. The van der Waals surface area contributed by atoms with E-state index >= 15 is 0 Å². The lowest BCUT2D eigenvalue weighted by Crippen LogP contribution is -2.28. The van der Waals surface area contributed by atoms with Crippen LogP contribution in [0, 0.1) is 6.92 Å². The van der Waals surface area contributed by atoms with Gasteiger partial charge in [-0.05, 0) is 48.9 Å². The van der Waals surface area contributed by atoms with Gasteiger partial charge in [-0.1, -0.05) is 29.8 Å². The lowest BCUT2D eigenvalue weighted by atomic mass is 10.1. The first-order chi connectivity index (χ1) is 14.1. The fourth-order valence-corrected chi connectivity index (χ4v) is 2.67. The van der Waals surface area contributed by atoms with Crippen LogP contribution in [0.5, 0.6) is 11.5 Å². The Morgan fingerprint density at radius 1 is 1.00 bits per heavy atom. The van der Waals surface area contributed by atoms with E-state index in [1.165, 1.54) is 5.56 Å². The summed E-state index contributed by atoms with van der Waals surface area (Å²) in [7, 11) is 1.62. The van der Waals surface area contributed by atoms with Gasteiger partial charge in [0.25, 0.3) is 5.91 Å². The molecule has 150 valence electrons. The first-order valence-corrected chi connectivity index (χ1v) is 9.44. The second kappa shape index (κ2) is 10.1. The molecule has 2 aromatic carbocycles. The molecule has 2 N–H and O–H groups in total. The molecule has 0 aliphatic heterocycles. The van der Waals surface area contributed by atoms with Crippen molar-refractivity contribution in [1.29, 1.82) is 0 Å². The van der Waals surface area contributed by atoms with Gasteiger partial charge in [0.2, 0.25) is 0 Å². The molecule has 0 atom stereocenters. The van der Waals surface area contributed by atoms with E-state index in [0.717, 1.165) is 17.1 Å². The van der Waals surface area contributed by atoms with E-state index in [1.54, 1.807) is 25.4 Å². The highest BCUT2D eigenvalue weighted by atomic mass is 16.5. The Kier molecular flexibility index (Phi) is 7.05. The average Bonchev–Trinajstić information content (AvgIpc) is 2.77. The maximum Gasteiger partial charge on any atom is 0.251 e. The quantitative estimate of drug-likeness (QED) is 0.543. The van der Waals surface area contributed by atoms with E-state index in [-0.39, 0.29) is 5.91 Å². The number of amides is 1. The number of hydrogen-bond acceptors (Lipinski definition) is 5. The highest BCUT2D eigenvalue weighted by Gasteiger charge is 2.07. The molecule has 3 aromatic rings. The number of nitrogens with one attached hydrogen (secondary N) is 2. The molecular weight excluding hydrogens is 366 g/mol. The smallest absolute Gasteiger partial charge is 0.251 e. The van der Waals surface area contributed by atoms with Gasteiger partial charge in [0.15, 0.2) is 0 Å². The number of nitrogens with zero attached hydrogens (tertiary/aromatic N) is 1. The predicted molar refractivity (Wildman–Crippen MR) is 114 cm³/mol. The summed E-state index contributed by atoms with van der Waals surface area (Å²) in [5, 5.41) is 6.10. The lowest BCUT2D eigenvalue weighted by molar-refractivity contribution is 0.0947. The van der Waals surface area contributed by atoms with Crippen LogP contribution in [-0.4, -0.2) is 31.2 Å². The number of methoxy groups -OCH3 is 1. The summed E-state index contributed by atoms with van der Waals surface area (Å²) in [5.41, 5.74) is 2.93. The molecule has 0 saturated heterocycles. The molecule has 0 aliphatic rings. The first-order valence-electron chi connectivity index (χ1n) is 9.44. The van der Waals surface area contributed by atoms with E-state index in [9.17, 15) is 4.79 Å². The third-order valence-electron chi connectivity index (χ3n) is 4.33. The van der Waals surface area contributed by atoms with Gasteiger partial charge in [-0.15, -0.1) is 0 Å². The number of aromatic nitrogens is 1. The van der Waals surface area contributed by atoms with Crippen molar-refractivity contribution in [2.24, 2.45) is 0 Å². The molecule has 0 unspecified atom stereocenters. The van der Waals surface area contributed by atoms with Crippen molar-refractivity contribution >= 4 is 11.7 Å². The van der Waals surface area contributed by atoms with Crippen LogP contribution in [0.2, 0.25) is 0 Å². The molecule has 29 heavy (non-hydrogen) atoms. The molecule has 1 aromatic heterocycles.